The monoisotopic (exact) mass is 444 g/mol. The van der Waals surface area contributed by atoms with Crippen molar-refractivity contribution in [2.75, 3.05) is 12.9 Å². The molecule has 158 valence electrons. The number of carbonyl (C=O) groups is 1. The smallest absolute Gasteiger partial charge is 0.230 e. The minimum Gasteiger partial charge on any atom is -0.495 e. The maximum atomic E-state index is 12.4. The molecule has 3 aromatic rings. The van der Waals surface area contributed by atoms with E-state index in [0.29, 0.717) is 27.7 Å². The number of nitrogens with zero attached hydrogens (tertiary/aromatic N) is 3. The van der Waals surface area contributed by atoms with Gasteiger partial charge in [-0.1, -0.05) is 67.5 Å². The number of amides is 1. The number of halogens is 1. The maximum Gasteiger partial charge on any atom is 0.230 e. The van der Waals surface area contributed by atoms with Crippen LogP contribution in [0.4, 0.5) is 0 Å². The highest BCUT2D eigenvalue weighted by Gasteiger charge is 2.19. The number of rotatable bonds is 8. The van der Waals surface area contributed by atoms with E-state index in [2.05, 4.69) is 29.4 Å². The number of aromatic nitrogens is 3. The van der Waals surface area contributed by atoms with Crippen molar-refractivity contribution >= 4 is 29.3 Å². The van der Waals surface area contributed by atoms with Crippen LogP contribution in [0.15, 0.2) is 53.7 Å². The fraction of sp³-hybridized carbons (Fsp3) is 0.318. The van der Waals surface area contributed by atoms with Crippen molar-refractivity contribution in [3.05, 3.63) is 53.6 Å². The molecule has 0 unspecified atom stereocenters. The van der Waals surface area contributed by atoms with Crippen molar-refractivity contribution in [1.82, 2.24) is 20.1 Å². The molecule has 8 heteroatoms. The van der Waals surface area contributed by atoms with Crippen molar-refractivity contribution in [3.8, 4) is 22.8 Å². The average molecular weight is 445 g/mol. The van der Waals surface area contributed by atoms with Crippen LogP contribution in [0, 0.1) is 5.92 Å². The molecule has 0 saturated carbocycles. The number of benzene rings is 2. The van der Waals surface area contributed by atoms with Gasteiger partial charge in [0.2, 0.25) is 5.91 Å². The second-order valence-corrected chi connectivity index (χ2v) is 8.57. The molecule has 0 radical (unpaired) electrons. The summed E-state index contributed by atoms with van der Waals surface area (Å²) in [6, 6.07) is 15.4. The van der Waals surface area contributed by atoms with Gasteiger partial charge in [-0.25, -0.2) is 0 Å². The van der Waals surface area contributed by atoms with E-state index in [4.69, 9.17) is 16.3 Å². The summed E-state index contributed by atoms with van der Waals surface area (Å²) < 4.78 is 7.17. The number of thioether (sulfide) groups is 1. The Labute approximate surface area is 186 Å². The van der Waals surface area contributed by atoms with E-state index < -0.39 is 0 Å². The standard InChI is InChI=1S/C22H25ClN4O2S/c1-14(2)15(3)24-20(28)13-30-22-26-25-21(16-8-6-5-7-9-16)27(22)17-10-11-19(29-4)18(23)12-17/h5-12,14-15H,13H2,1-4H3,(H,24,28)/t15-/m0/s1. The summed E-state index contributed by atoms with van der Waals surface area (Å²) in [5.41, 5.74) is 1.71. The molecule has 0 spiro atoms. The van der Waals surface area contributed by atoms with E-state index in [-0.39, 0.29) is 17.7 Å². The zero-order valence-corrected chi connectivity index (χ0v) is 19.0. The first-order valence-electron chi connectivity index (χ1n) is 9.67. The molecule has 0 aliphatic heterocycles. The van der Waals surface area contributed by atoms with Crippen molar-refractivity contribution in [1.29, 1.82) is 0 Å². The molecule has 3 rings (SSSR count). The lowest BCUT2D eigenvalue weighted by atomic mass is 10.1. The van der Waals surface area contributed by atoms with E-state index in [1.807, 2.05) is 47.9 Å². The maximum absolute atomic E-state index is 12.4. The second kappa shape index (κ2) is 10.00. The Hall–Kier alpha value is -2.51. The molecular formula is C22H25ClN4O2S. The molecular weight excluding hydrogens is 420 g/mol. The van der Waals surface area contributed by atoms with E-state index in [0.717, 1.165) is 11.3 Å². The summed E-state index contributed by atoms with van der Waals surface area (Å²) in [5, 5.41) is 12.9. The lowest BCUT2D eigenvalue weighted by Gasteiger charge is -2.17. The van der Waals surface area contributed by atoms with Gasteiger partial charge in [0.05, 0.1) is 23.6 Å². The molecule has 6 nitrogen and oxygen atoms in total. The first-order chi connectivity index (χ1) is 14.4. The highest BCUT2D eigenvalue weighted by Crippen LogP contribution is 2.32. The van der Waals surface area contributed by atoms with Gasteiger partial charge in [0, 0.05) is 11.6 Å². The molecule has 0 aliphatic rings. The van der Waals surface area contributed by atoms with Gasteiger partial charge in [-0.2, -0.15) is 0 Å². The van der Waals surface area contributed by atoms with Gasteiger partial charge in [0.15, 0.2) is 11.0 Å². The van der Waals surface area contributed by atoms with Crippen LogP contribution in [-0.4, -0.2) is 39.6 Å². The molecule has 0 bridgehead atoms. The Bertz CT molecular complexity index is 1010. The minimum atomic E-state index is -0.0372. The molecule has 0 saturated heterocycles. The minimum absolute atomic E-state index is 0.0372. The second-order valence-electron chi connectivity index (χ2n) is 7.22. The lowest BCUT2D eigenvalue weighted by molar-refractivity contribution is -0.119. The third-order valence-electron chi connectivity index (χ3n) is 4.78. The van der Waals surface area contributed by atoms with Crippen LogP contribution in [0.1, 0.15) is 20.8 Å². The Balaban J connectivity index is 1.93. The summed E-state index contributed by atoms with van der Waals surface area (Å²) in [5.74, 6) is 1.84. The fourth-order valence-electron chi connectivity index (χ4n) is 2.76. The van der Waals surface area contributed by atoms with Crippen molar-refractivity contribution in [2.45, 2.75) is 32.0 Å². The predicted octanol–water partition coefficient (Wildman–Crippen LogP) is 4.85. The highest BCUT2D eigenvalue weighted by atomic mass is 35.5. The Morgan fingerprint density at radius 3 is 2.53 bits per heavy atom. The van der Waals surface area contributed by atoms with Crippen LogP contribution in [0.25, 0.3) is 17.1 Å². The molecule has 0 fully saturated rings. The van der Waals surface area contributed by atoms with Crippen LogP contribution in [0.3, 0.4) is 0 Å². The molecule has 1 atom stereocenters. The van der Waals surface area contributed by atoms with E-state index in [9.17, 15) is 4.79 Å². The lowest BCUT2D eigenvalue weighted by Crippen LogP contribution is -2.37. The molecule has 30 heavy (non-hydrogen) atoms. The predicted molar refractivity (Wildman–Crippen MR) is 122 cm³/mol. The Morgan fingerprint density at radius 2 is 1.90 bits per heavy atom. The molecule has 1 amide bonds. The normalized spacial score (nSPS) is 12.1. The fourth-order valence-corrected chi connectivity index (χ4v) is 3.77. The van der Waals surface area contributed by atoms with Crippen molar-refractivity contribution < 1.29 is 9.53 Å². The average Bonchev–Trinajstić information content (AvgIpc) is 3.16. The van der Waals surface area contributed by atoms with E-state index in [1.165, 1.54) is 11.8 Å². The third kappa shape index (κ3) is 5.15. The third-order valence-corrected chi connectivity index (χ3v) is 6.00. The Morgan fingerprint density at radius 1 is 1.17 bits per heavy atom. The number of carbonyl (C=O) groups excluding carboxylic acids is 1. The Kier molecular flexibility index (Phi) is 7.39. The quantitative estimate of drug-likeness (QED) is 0.503. The van der Waals surface area contributed by atoms with Crippen LogP contribution in [0.5, 0.6) is 5.75 Å². The summed E-state index contributed by atoms with van der Waals surface area (Å²) in [4.78, 5) is 12.4. The molecule has 1 aromatic heterocycles. The zero-order valence-electron chi connectivity index (χ0n) is 17.4. The first-order valence-corrected chi connectivity index (χ1v) is 11.0. The first kappa shape index (κ1) is 22.2. The van der Waals surface area contributed by atoms with Gasteiger partial charge in [-0.15, -0.1) is 10.2 Å². The van der Waals surface area contributed by atoms with Crippen LogP contribution in [-0.2, 0) is 4.79 Å². The summed E-state index contributed by atoms with van der Waals surface area (Å²) in [7, 11) is 1.58. The molecule has 0 aliphatic carbocycles. The highest BCUT2D eigenvalue weighted by molar-refractivity contribution is 7.99. The summed E-state index contributed by atoms with van der Waals surface area (Å²) in [6.45, 7) is 6.16. The van der Waals surface area contributed by atoms with E-state index in [1.54, 1.807) is 19.2 Å². The zero-order chi connectivity index (χ0) is 21.7. The van der Waals surface area contributed by atoms with Crippen molar-refractivity contribution in [3.63, 3.8) is 0 Å². The number of nitrogens with one attached hydrogen (secondary N) is 1. The topological polar surface area (TPSA) is 69.0 Å². The van der Waals surface area contributed by atoms with Crippen LogP contribution in [0.2, 0.25) is 5.02 Å². The van der Waals surface area contributed by atoms with Gasteiger partial charge < -0.3 is 10.1 Å². The van der Waals surface area contributed by atoms with Crippen molar-refractivity contribution in [2.24, 2.45) is 5.92 Å². The number of methoxy groups -OCH3 is 1. The van der Waals surface area contributed by atoms with Gasteiger partial charge >= 0.3 is 0 Å². The van der Waals surface area contributed by atoms with Gasteiger partial charge in [0.1, 0.15) is 5.75 Å². The summed E-state index contributed by atoms with van der Waals surface area (Å²) in [6.07, 6.45) is 0. The molecule has 2 aromatic carbocycles. The van der Waals surface area contributed by atoms with Gasteiger partial charge in [-0.05, 0) is 31.0 Å². The van der Waals surface area contributed by atoms with Gasteiger partial charge in [0.25, 0.3) is 0 Å². The SMILES string of the molecule is COc1ccc(-n2c(SCC(=O)N[C@@H](C)C(C)C)nnc2-c2ccccc2)cc1Cl. The number of hydrogen-bond acceptors (Lipinski definition) is 5. The number of ether oxygens (including phenoxy) is 1. The largest absolute Gasteiger partial charge is 0.495 e. The van der Waals surface area contributed by atoms with Gasteiger partial charge in [-0.3, -0.25) is 9.36 Å². The van der Waals surface area contributed by atoms with E-state index >= 15 is 0 Å². The van der Waals surface area contributed by atoms with Crippen LogP contribution < -0.4 is 10.1 Å². The summed E-state index contributed by atoms with van der Waals surface area (Å²) >= 11 is 7.70. The molecule has 1 N–H and O–H groups in total. The molecule has 1 heterocycles. The number of hydrogen-bond donors (Lipinski definition) is 1. The van der Waals surface area contributed by atoms with Crippen LogP contribution >= 0.6 is 23.4 Å².